The molecule has 3 aromatic rings. The summed E-state index contributed by atoms with van der Waals surface area (Å²) in [6, 6.07) is 13.9. The van der Waals surface area contributed by atoms with Crippen LogP contribution in [0.4, 0.5) is 0 Å². The number of alkyl halides is 1. The number of halogens is 1. The molecule has 0 aliphatic heterocycles. The second kappa shape index (κ2) is 5.78. The van der Waals surface area contributed by atoms with Gasteiger partial charge >= 0.3 is 0 Å². The average Bonchev–Trinajstić information content (AvgIpc) is 2.86. The number of nitrogens with zero attached hydrogens (tertiary/aromatic N) is 2. The highest BCUT2D eigenvalue weighted by Gasteiger charge is 2.07. The van der Waals surface area contributed by atoms with Crippen molar-refractivity contribution in [2.75, 3.05) is 0 Å². The van der Waals surface area contributed by atoms with E-state index in [1.54, 1.807) is 0 Å². The lowest BCUT2D eigenvalue weighted by Crippen LogP contribution is -2.00. The smallest absolute Gasteiger partial charge is 0.123 e. The van der Waals surface area contributed by atoms with E-state index in [1.807, 2.05) is 48.1 Å². The zero-order valence-electron chi connectivity index (χ0n) is 11.9. The van der Waals surface area contributed by atoms with Gasteiger partial charge in [0.25, 0.3) is 0 Å². The Morgan fingerprint density at radius 3 is 2.71 bits per heavy atom. The summed E-state index contributed by atoms with van der Waals surface area (Å²) in [6.45, 7) is 0. The molecule has 0 unspecified atom stereocenters. The lowest BCUT2D eigenvalue weighted by atomic mass is 10.0. The lowest BCUT2D eigenvalue weighted by molar-refractivity contribution is 0.481. The van der Waals surface area contributed by atoms with E-state index in [2.05, 4.69) is 11.2 Å². The third-order valence-corrected chi connectivity index (χ3v) is 4.01. The van der Waals surface area contributed by atoms with Crippen molar-refractivity contribution in [3.8, 4) is 5.75 Å². The fourth-order valence-corrected chi connectivity index (χ4v) is 2.77. The maximum absolute atomic E-state index is 10.1. The maximum atomic E-state index is 10.1. The highest BCUT2D eigenvalue weighted by Crippen LogP contribution is 2.27. The van der Waals surface area contributed by atoms with E-state index in [0.717, 1.165) is 40.6 Å². The molecule has 1 N–H and O–H groups in total. The Balaban J connectivity index is 1.83. The molecule has 0 spiro atoms. The van der Waals surface area contributed by atoms with Gasteiger partial charge in [-0.2, -0.15) is 5.10 Å². The minimum Gasteiger partial charge on any atom is -0.507 e. The first-order valence-corrected chi connectivity index (χ1v) is 7.49. The number of benzene rings is 2. The van der Waals surface area contributed by atoms with Gasteiger partial charge in [-0.3, -0.25) is 4.68 Å². The molecule has 4 heteroatoms. The molecule has 0 atom stereocenters. The van der Waals surface area contributed by atoms with E-state index < -0.39 is 0 Å². The Labute approximate surface area is 128 Å². The standard InChI is InChI=1S/C17H17ClN2O/c1-20-15(10-14(11-18)19-20)7-6-12-8-13-4-2-3-5-16(13)17(21)9-12/h2-5,8-10,21H,6-7,11H2,1H3. The van der Waals surface area contributed by atoms with Crippen LogP contribution in [0.2, 0.25) is 0 Å². The van der Waals surface area contributed by atoms with Crippen molar-refractivity contribution in [2.24, 2.45) is 7.05 Å². The quantitative estimate of drug-likeness (QED) is 0.744. The molecular formula is C17H17ClN2O. The number of aromatic hydroxyl groups is 1. The molecule has 0 aliphatic rings. The largest absolute Gasteiger partial charge is 0.507 e. The Morgan fingerprint density at radius 2 is 1.95 bits per heavy atom. The van der Waals surface area contributed by atoms with Gasteiger partial charge in [0, 0.05) is 18.1 Å². The van der Waals surface area contributed by atoms with Crippen LogP contribution in [0.25, 0.3) is 10.8 Å². The van der Waals surface area contributed by atoms with Gasteiger partial charge in [-0.1, -0.05) is 30.3 Å². The van der Waals surface area contributed by atoms with E-state index in [1.165, 1.54) is 0 Å². The van der Waals surface area contributed by atoms with Gasteiger partial charge in [0.05, 0.1) is 11.6 Å². The number of hydrogen-bond acceptors (Lipinski definition) is 2. The van der Waals surface area contributed by atoms with Gasteiger partial charge in [0.2, 0.25) is 0 Å². The molecule has 0 saturated carbocycles. The Morgan fingerprint density at radius 1 is 1.14 bits per heavy atom. The van der Waals surface area contributed by atoms with Crippen LogP contribution in [0.5, 0.6) is 5.75 Å². The van der Waals surface area contributed by atoms with Crippen molar-refractivity contribution in [3.05, 3.63) is 59.4 Å². The Hall–Kier alpha value is -2.00. The van der Waals surface area contributed by atoms with E-state index in [-0.39, 0.29) is 0 Å². The number of hydrogen-bond donors (Lipinski definition) is 1. The molecule has 1 heterocycles. The third kappa shape index (κ3) is 2.88. The van der Waals surface area contributed by atoms with Gasteiger partial charge < -0.3 is 5.11 Å². The molecule has 3 nitrogen and oxygen atoms in total. The summed E-state index contributed by atoms with van der Waals surface area (Å²) in [4.78, 5) is 0. The second-order valence-electron chi connectivity index (χ2n) is 5.22. The monoisotopic (exact) mass is 300 g/mol. The van der Waals surface area contributed by atoms with E-state index in [4.69, 9.17) is 11.6 Å². The number of rotatable bonds is 4. The number of fused-ring (bicyclic) bond motifs is 1. The summed E-state index contributed by atoms with van der Waals surface area (Å²) in [7, 11) is 1.93. The molecule has 0 saturated heterocycles. The van der Waals surface area contributed by atoms with Crippen molar-refractivity contribution < 1.29 is 5.11 Å². The molecule has 21 heavy (non-hydrogen) atoms. The van der Waals surface area contributed by atoms with Crippen LogP contribution < -0.4 is 0 Å². The first kappa shape index (κ1) is 14.0. The number of phenolic OH excluding ortho intramolecular Hbond substituents is 1. The zero-order valence-corrected chi connectivity index (χ0v) is 12.6. The van der Waals surface area contributed by atoms with Gasteiger partial charge in [-0.25, -0.2) is 0 Å². The van der Waals surface area contributed by atoms with Gasteiger partial charge in [0.1, 0.15) is 5.75 Å². The summed E-state index contributed by atoms with van der Waals surface area (Å²) >= 11 is 5.81. The van der Waals surface area contributed by atoms with Crippen LogP contribution in [0.1, 0.15) is 17.0 Å². The van der Waals surface area contributed by atoms with Gasteiger partial charge in [-0.15, -0.1) is 11.6 Å². The summed E-state index contributed by atoms with van der Waals surface area (Å²) in [5.74, 6) is 0.777. The molecule has 108 valence electrons. The molecule has 1 aromatic heterocycles. The lowest BCUT2D eigenvalue weighted by Gasteiger charge is -2.06. The fraction of sp³-hybridized carbons (Fsp3) is 0.235. The summed E-state index contributed by atoms with van der Waals surface area (Å²) in [6.07, 6.45) is 1.73. The van der Waals surface area contributed by atoms with Crippen LogP contribution in [-0.4, -0.2) is 14.9 Å². The highest BCUT2D eigenvalue weighted by molar-refractivity contribution is 6.16. The zero-order chi connectivity index (χ0) is 14.8. The van der Waals surface area contributed by atoms with Crippen LogP contribution in [-0.2, 0) is 25.8 Å². The van der Waals surface area contributed by atoms with Crippen molar-refractivity contribution in [1.82, 2.24) is 9.78 Å². The first-order chi connectivity index (χ1) is 10.2. The van der Waals surface area contributed by atoms with E-state index in [0.29, 0.717) is 11.6 Å². The molecule has 0 amide bonds. The molecular weight excluding hydrogens is 284 g/mol. The van der Waals surface area contributed by atoms with Crippen LogP contribution in [0.3, 0.4) is 0 Å². The molecule has 0 aliphatic carbocycles. The number of aryl methyl sites for hydroxylation is 3. The second-order valence-corrected chi connectivity index (χ2v) is 5.49. The summed E-state index contributed by atoms with van der Waals surface area (Å²) in [5.41, 5.74) is 3.17. The fourth-order valence-electron chi connectivity index (χ4n) is 2.64. The van der Waals surface area contributed by atoms with Crippen LogP contribution in [0, 0.1) is 0 Å². The maximum Gasteiger partial charge on any atom is 0.123 e. The number of phenols is 1. The average molecular weight is 301 g/mol. The van der Waals surface area contributed by atoms with Crippen LogP contribution in [0.15, 0.2) is 42.5 Å². The Bertz CT molecular complexity index is 780. The van der Waals surface area contributed by atoms with Gasteiger partial charge in [0.15, 0.2) is 0 Å². The summed E-state index contributed by atoms with van der Waals surface area (Å²) in [5, 5.41) is 16.4. The predicted molar refractivity (Wildman–Crippen MR) is 85.8 cm³/mol. The Kier molecular flexibility index (Phi) is 3.84. The highest BCUT2D eigenvalue weighted by atomic mass is 35.5. The van der Waals surface area contributed by atoms with Crippen molar-refractivity contribution in [3.63, 3.8) is 0 Å². The number of aromatic nitrogens is 2. The van der Waals surface area contributed by atoms with Crippen LogP contribution >= 0.6 is 11.6 Å². The molecule has 0 radical (unpaired) electrons. The third-order valence-electron chi connectivity index (χ3n) is 3.73. The van der Waals surface area contributed by atoms with E-state index in [9.17, 15) is 5.11 Å². The van der Waals surface area contributed by atoms with E-state index >= 15 is 0 Å². The minimum atomic E-state index is 0.342. The predicted octanol–water partition coefficient (Wildman–Crippen LogP) is 3.80. The van der Waals surface area contributed by atoms with Crippen molar-refractivity contribution in [1.29, 1.82) is 0 Å². The van der Waals surface area contributed by atoms with Crippen molar-refractivity contribution in [2.45, 2.75) is 18.7 Å². The topological polar surface area (TPSA) is 38.0 Å². The normalized spacial score (nSPS) is 11.1. The first-order valence-electron chi connectivity index (χ1n) is 6.96. The molecule has 0 fully saturated rings. The SMILES string of the molecule is Cn1nc(CCl)cc1CCc1cc(O)c2ccccc2c1. The molecule has 0 bridgehead atoms. The summed E-state index contributed by atoms with van der Waals surface area (Å²) < 4.78 is 1.87. The van der Waals surface area contributed by atoms with Crippen molar-refractivity contribution >= 4 is 22.4 Å². The molecule has 3 rings (SSSR count). The van der Waals surface area contributed by atoms with Gasteiger partial charge in [-0.05, 0) is 35.9 Å². The minimum absolute atomic E-state index is 0.342. The molecule has 2 aromatic carbocycles.